The molecule has 178 valence electrons. The summed E-state index contributed by atoms with van der Waals surface area (Å²) < 4.78 is 30.1. The van der Waals surface area contributed by atoms with Crippen molar-refractivity contribution in [3.05, 3.63) is 88.6 Å². The van der Waals surface area contributed by atoms with Crippen LogP contribution in [0.25, 0.3) is 22.0 Å². The molecular weight excluding hydrogens is 432 g/mol. The van der Waals surface area contributed by atoms with Gasteiger partial charge in [-0.2, -0.15) is 0 Å². The van der Waals surface area contributed by atoms with E-state index in [0.29, 0.717) is 28.9 Å². The van der Waals surface area contributed by atoms with Gasteiger partial charge in [0, 0.05) is 41.4 Å². The van der Waals surface area contributed by atoms with Gasteiger partial charge in [-0.3, -0.25) is 0 Å². The Balaban J connectivity index is 0.000000257. The van der Waals surface area contributed by atoms with Gasteiger partial charge < -0.3 is 21.1 Å². The Morgan fingerprint density at radius 2 is 1.79 bits per heavy atom. The normalized spacial score (nSPS) is 16.4. The van der Waals surface area contributed by atoms with E-state index in [-0.39, 0.29) is 12.0 Å². The van der Waals surface area contributed by atoms with Crippen LogP contribution in [0.1, 0.15) is 36.1 Å². The molecule has 1 aliphatic rings. The maximum atomic E-state index is 15.3. The van der Waals surface area contributed by atoms with E-state index in [1.54, 1.807) is 12.1 Å². The lowest BCUT2D eigenvalue weighted by atomic mass is 9.84. The zero-order chi connectivity index (χ0) is 24.6. The maximum absolute atomic E-state index is 15.3. The molecule has 0 saturated carbocycles. The van der Waals surface area contributed by atoms with E-state index < -0.39 is 23.3 Å². The van der Waals surface area contributed by atoms with Gasteiger partial charge in [0.05, 0.1) is 22.7 Å². The Hall–Kier alpha value is -3.22. The van der Waals surface area contributed by atoms with Gasteiger partial charge in [0.1, 0.15) is 11.6 Å². The monoisotopic (exact) mass is 463 g/mol. The Morgan fingerprint density at radius 3 is 2.47 bits per heavy atom. The fourth-order valence-corrected chi connectivity index (χ4v) is 4.32. The molecule has 4 aromatic rings. The summed E-state index contributed by atoms with van der Waals surface area (Å²) >= 11 is 0. The van der Waals surface area contributed by atoms with Gasteiger partial charge in [0.25, 0.3) is 0 Å². The topological polar surface area (TPSA) is 74.1 Å². The number of hydrogen-bond donors (Lipinski definition) is 4. The SMILES string of the molecule is Cc1c[nH]c2c(-c3c(F)cc4c(c3F)CC(O)C(C)(C)N4)cccc12.Cc1ccc(CN)cc1. The summed E-state index contributed by atoms with van der Waals surface area (Å²) in [5.74, 6) is -1.23. The first-order valence-electron chi connectivity index (χ1n) is 11.4. The quantitative estimate of drug-likeness (QED) is 0.295. The molecule has 1 unspecified atom stereocenters. The van der Waals surface area contributed by atoms with Crippen LogP contribution in [0, 0.1) is 25.5 Å². The van der Waals surface area contributed by atoms with E-state index in [9.17, 15) is 9.50 Å². The number of aliphatic hydroxyl groups excluding tert-OH is 1. The number of aromatic amines is 1. The van der Waals surface area contributed by atoms with E-state index >= 15 is 4.39 Å². The lowest BCUT2D eigenvalue weighted by molar-refractivity contribution is 0.109. The summed E-state index contributed by atoms with van der Waals surface area (Å²) in [5, 5.41) is 14.3. The first-order chi connectivity index (χ1) is 16.1. The lowest BCUT2D eigenvalue weighted by Gasteiger charge is -2.38. The number of rotatable bonds is 2. The minimum Gasteiger partial charge on any atom is -0.390 e. The third-order valence-electron chi connectivity index (χ3n) is 6.55. The summed E-state index contributed by atoms with van der Waals surface area (Å²) in [5.41, 5.74) is 10.1. The predicted octanol–water partition coefficient (Wildman–Crippen LogP) is 5.98. The number of halogens is 2. The van der Waals surface area contributed by atoms with Crippen molar-refractivity contribution in [1.82, 2.24) is 4.98 Å². The van der Waals surface area contributed by atoms with Crippen molar-refractivity contribution in [1.29, 1.82) is 0 Å². The Bertz CT molecular complexity index is 1330. The fraction of sp³-hybridized carbons (Fsp3) is 0.286. The molecule has 1 atom stereocenters. The van der Waals surface area contributed by atoms with Gasteiger partial charge in [-0.15, -0.1) is 0 Å². The third-order valence-corrected chi connectivity index (χ3v) is 6.55. The molecule has 1 aromatic heterocycles. The molecule has 3 aromatic carbocycles. The maximum Gasteiger partial charge on any atom is 0.139 e. The van der Waals surface area contributed by atoms with Gasteiger partial charge in [-0.05, 0) is 44.9 Å². The second-order valence-electron chi connectivity index (χ2n) is 9.53. The van der Waals surface area contributed by atoms with Crippen molar-refractivity contribution in [2.45, 2.75) is 52.3 Å². The van der Waals surface area contributed by atoms with Crippen molar-refractivity contribution >= 4 is 16.6 Å². The van der Waals surface area contributed by atoms with Gasteiger partial charge in [-0.25, -0.2) is 8.78 Å². The van der Waals surface area contributed by atoms with E-state index in [1.165, 1.54) is 17.2 Å². The zero-order valence-corrected chi connectivity index (χ0v) is 20.0. The van der Waals surface area contributed by atoms with Crippen LogP contribution < -0.4 is 11.1 Å². The molecule has 2 heterocycles. The molecule has 0 radical (unpaired) electrons. The number of para-hydroxylation sites is 1. The van der Waals surface area contributed by atoms with Crippen LogP contribution in [0.5, 0.6) is 0 Å². The summed E-state index contributed by atoms with van der Waals surface area (Å²) in [7, 11) is 0. The number of nitrogens with two attached hydrogens (primary N) is 1. The molecule has 0 amide bonds. The molecule has 4 nitrogen and oxygen atoms in total. The second-order valence-corrected chi connectivity index (χ2v) is 9.53. The number of aliphatic hydroxyl groups is 1. The average molecular weight is 464 g/mol. The molecule has 0 bridgehead atoms. The van der Waals surface area contributed by atoms with Crippen LogP contribution in [0.4, 0.5) is 14.5 Å². The van der Waals surface area contributed by atoms with Crippen LogP contribution in [-0.2, 0) is 13.0 Å². The predicted molar refractivity (Wildman–Crippen MR) is 135 cm³/mol. The number of benzene rings is 3. The lowest BCUT2D eigenvalue weighted by Crippen LogP contribution is -2.48. The van der Waals surface area contributed by atoms with Crippen LogP contribution in [0.15, 0.2) is 54.7 Å². The smallest absolute Gasteiger partial charge is 0.139 e. The zero-order valence-electron chi connectivity index (χ0n) is 20.0. The van der Waals surface area contributed by atoms with Crippen molar-refractivity contribution in [2.24, 2.45) is 5.73 Å². The van der Waals surface area contributed by atoms with Gasteiger partial charge in [0.2, 0.25) is 0 Å². The minimum atomic E-state index is -0.753. The minimum absolute atomic E-state index is 0.0556. The van der Waals surface area contributed by atoms with Crippen molar-refractivity contribution in [3.63, 3.8) is 0 Å². The van der Waals surface area contributed by atoms with Crippen LogP contribution in [-0.4, -0.2) is 21.7 Å². The summed E-state index contributed by atoms with van der Waals surface area (Å²) in [4.78, 5) is 3.11. The van der Waals surface area contributed by atoms with Crippen LogP contribution in [0.3, 0.4) is 0 Å². The molecule has 0 saturated heterocycles. The largest absolute Gasteiger partial charge is 0.390 e. The number of hydrogen-bond acceptors (Lipinski definition) is 3. The summed E-state index contributed by atoms with van der Waals surface area (Å²) in [6.45, 7) is 8.28. The summed E-state index contributed by atoms with van der Waals surface area (Å²) in [6.07, 6.45) is 1.22. The highest BCUT2D eigenvalue weighted by Gasteiger charge is 2.36. The Labute approximate surface area is 198 Å². The first kappa shape index (κ1) is 23.9. The van der Waals surface area contributed by atoms with Gasteiger partial charge >= 0.3 is 0 Å². The van der Waals surface area contributed by atoms with Crippen LogP contribution >= 0.6 is 0 Å². The molecule has 0 fully saturated rings. The number of aryl methyl sites for hydroxylation is 2. The van der Waals surface area contributed by atoms with Crippen molar-refractivity contribution < 1.29 is 13.9 Å². The second kappa shape index (κ2) is 9.20. The van der Waals surface area contributed by atoms with Gasteiger partial charge in [-0.1, -0.05) is 48.0 Å². The average Bonchev–Trinajstić information content (AvgIpc) is 3.18. The van der Waals surface area contributed by atoms with Crippen LogP contribution in [0.2, 0.25) is 0 Å². The summed E-state index contributed by atoms with van der Waals surface area (Å²) in [6, 6.07) is 15.0. The third kappa shape index (κ3) is 4.43. The molecule has 6 heteroatoms. The fourth-order valence-electron chi connectivity index (χ4n) is 4.32. The van der Waals surface area contributed by atoms with E-state index in [4.69, 9.17) is 5.73 Å². The highest BCUT2D eigenvalue weighted by molar-refractivity contribution is 5.96. The molecule has 5 N–H and O–H groups in total. The van der Waals surface area contributed by atoms with E-state index in [2.05, 4.69) is 41.5 Å². The molecule has 0 aliphatic carbocycles. The first-order valence-corrected chi connectivity index (χ1v) is 11.4. The molecule has 0 spiro atoms. The highest BCUT2D eigenvalue weighted by Crippen LogP contribution is 2.40. The highest BCUT2D eigenvalue weighted by atomic mass is 19.1. The number of aromatic nitrogens is 1. The number of H-pyrrole nitrogens is 1. The molecular formula is C28H31F2N3O. The van der Waals surface area contributed by atoms with Crippen molar-refractivity contribution in [3.8, 4) is 11.1 Å². The number of fused-ring (bicyclic) bond motifs is 2. The molecule has 5 rings (SSSR count). The van der Waals surface area contributed by atoms with E-state index in [0.717, 1.165) is 10.9 Å². The Kier molecular flexibility index (Phi) is 6.47. The van der Waals surface area contributed by atoms with Gasteiger partial charge in [0.15, 0.2) is 0 Å². The van der Waals surface area contributed by atoms with E-state index in [1.807, 2.05) is 33.0 Å². The number of nitrogens with one attached hydrogen (secondary N) is 2. The number of anilines is 1. The Morgan fingerprint density at radius 1 is 1.09 bits per heavy atom. The molecule has 34 heavy (non-hydrogen) atoms. The van der Waals surface area contributed by atoms with Crippen molar-refractivity contribution in [2.75, 3.05) is 5.32 Å². The molecule has 1 aliphatic heterocycles. The standard InChI is InChI=1S/C20H20F2N2O.C8H11N/c1-10-9-23-19-11(10)5-4-6-12(19)17-14(21)8-15-13(18(17)22)7-16(25)20(2,3)24-15;1-7-2-4-8(6-9)5-3-7/h4-6,8-9,16,23-25H,7H2,1-3H3;2-5H,6,9H2,1H3.